The van der Waals surface area contributed by atoms with E-state index in [0.717, 1.165) is 24.9 Å². The van der Waals surface area contributed by atoms with Crippen molar-refractivity contribution in [1.82, 2.24) is 0 Å². The third kappa shape index (κ3) is 2.03. The normalized spacial score (nSPS) is 19.3. The number of carbonyl (C=O) groups is 1. The molecule has 2 rings (SSSR count). The first-order valence-corrected chi connectivity index (χ1v) is 5.78. The highest BCUT2D eigenvalue weighted by Crippen LogP contribution is 2.31. The number of para-hydroxylation sites is 1. The van der Waals surface area contributed by atoms with Crippen LogP contribution in [0.15, 0.2) is 24.3 Å². The second-order valence-corrected chi connectivity index (χ2v) is 4.25. The summed E-state index contributed by atoms with van der Waals surface area (Å²) in [4.78, 5) is 12.9. The highest BCUT2D eigenvalue weighted by Gasteiger charge is 2.25. The van der Waals surface area contributed by atoms with Crippen LogP contribution >= 0.6 is 0 Å². The van der Waals surface area contributed by atoms with E-state index >= 15 is 0 Å². The van der Waals surface area contributed by atoms with Gasteiger partial charge in [-0.25, -0.2) is 0 Å². The molecule has 0 aromatic heterocycles. The Bertz CT molecular complexity index is 389. The molecule has 1 N–H and O–H groups in total. The van der Waals surface area contributed by atoms with E-state index in [4.69, 9.17) is 5.11 Å². The molecule has 1 atom stereocenters. The topological polar surface area (TPSA) is 40.5 Å². The molecule has 0 fully saturated rings. The van der Waals surface area contributed by atoms with Crippen molar-refractivity contribution < 1.29 is 9.90 Å². The maximum Gasteiger partial charge on any atom is 0.323 e. The Morgan fingerprint density at radius 3 is 2.94 bits per heavy atom. The lowest BCUT2D eigenvalue weighted by molar-refractivity contribution is -0.135. The monoisotopic (exact) mass is 219 g/mol. The number of anilines is 1. The predicted octanol–water partition coefficient (Wildman–Crippen LogP) is 2.30. The van der Waals surface area contributed by atoms with Gasteiger partial charge in [0.15, 0.2) is 0 Å². The maximum absolute atomic E-state index is 10.9. The van der Waals surface area contributed by atoms with Crippen LogP contribution < -0.4 is 4.90 Å². The van der Waals surface area contributed by atoms with E-state index in [2.05, 4.69) is 13.0 Å². The fraction of sp³-hybridized carbons (Fsp3) is 0.462. The summed E-state index contributed by atoms with van der Waals surface area (Å²) in [5.74, 6) is -0.754. The molecule has 1 unspecified atom stereocenters. The summed E-state index contributed by atoms with van der Waals surface area (Å²) in [5, 5.41) is 8.96. The summed E-state index contributed by atoms with van der Waals surface area (Å²) in [6, 6.07) is 8.48. The highest BCUT2D eigenvalue weighted by molar-refractivity contribution is 5.75. The van der Waals surface area contributed by atoms with Crippen LogP contribution in [-0.2, 0) is 11.2 Å². The zero-order valence-corrected chi connectivity index (χ0v) is 9.52. The number of benzene rings is 1. The lowest BCUT2D eigenvalue weighted by Crippen LogP contribution is -2.42. The Labute approximate surface area is 95.7 Å². The van der Waals surface area contributed by atoms with Gasteiger partial charge in [-0.3, -0.25) is 4.79 Å². The van der Waals surface area contributed by atoms with Gasteiger partial charge in [-0.15, -0.1) is 0 Å². The molecule has 1 aromatic carbocycles. The molecule has 0 bridgehead atoms. The van der Waals surface area contributed by atoms with Gasteiger partial charge < -0.3 is 10.0 Å². The largest absolute Gasteiger partial charge is 0.480 e. The summed E-state index contributed by atoms with van der Waals surface area (Å²) >= 11 is 0. The lowest BCUT2D eigenvalue weighted by atomic mass is 9.94. The molecule has 1 heterocycles. The summed E-state index contributed by atoms with van der Waals surface area (Å²) < 4.78 is 0. The Balaban J connectivity index is 2.32. The van der Waals surface area contributed by atoms with Crippen molar-refractivity contribution >= 4 is 11.7 Å². The number of hydrogen-bond acceptors (Lipinski definition) is 2. The van der Waals surface area contributed by atoms with Crippen LogP contribution in [0.3, 0.4) is 0 Å². The Kier molecular flexibility index (Phi) is 3.13. The molecule has 0 spiro atoms. The number of fused-ring (bicyclic) bond motifs is 1. The fourth-order valence-corrected chi connectivity index (χ4v) is 2.46. The zero-order chi connectivity index (χ0) is 11.5. The standard InChI is InChI=1S/C13H17NO2/c1-2-11-8-7-10-5-3-4-6-12(10)14(11)9-13(15)16/h3-6,11H,2,7-9H2,1H3,(H,15,16). The molecule has 86 valence electrons. The summed E-state index contributed by atoms with van der Waals surface area (Å²) in [7, 11) is 0. The Hall–Kier alpha value is -1.51. The van der Waals surface area contributed by atoms with Gasteiger partial charge in [-0.2, -0.15) is 0 Å². The van der Waals surface area contributed by atoms with Crippen molar-refractivity contribution in [3.05, 3.63) is 29.8 Å². The molecule has 3 nitrogen and oxygen atoms in total. The highest BCUT2D eigenvalue weighted by atomic mass is 16.4. The average molecular weight is 219 g/mol. The predicted molar refractivity (Wildman–Crippen MR) is 63.8 cm³/mol. The molecule has 1 aromatic rings. The molecule has 0 amide bonds. The first kappa shape index (κ1) is 11.0. The SMILES string of the molecule is CCC1CCc2ccccc2N1CC(=O)O. The third-order valence-electron chi connectivity index (χ3n) is 3.27. The minimum absolute atomic E-state index is 0.107. The van der Waals surface area contributed by atoms with Crippen LogP contribution in [0.4, 0.5) is 5.69 Å². The molecule has 1 aliphatic heterocycles. The zero-order valence-electron chi connectivity index (χ0n) is 9.52. The fourth-order valence-electron chi connectivity index (χ4n) is 2.46. The smallest absolute Gasteiger partial charge is 0.323 e. The van der Waals surface area contributed by atoms with Crippen LogP contribution in [0.5, 0.6) is 0 Å². The van der Waals surface area contributed by atoms with Gasteiger partial charge in [0.2, 0.25) is 0 Å². The van der Waals surface area contributed by atoms with Crippen LogP contribution in [0.2, 0.25) is 0 Å². The quantitative estimate of drug-likeness (QED) is 0.848. The molecule has 0 saturated carbocycles. The second kappa shape index (κ2) is 4.56. The molecular formula is C13H17NO2. The maximum atomic E-state index is 10.9. The van der Waals surface area contributed by atoms with Gasteiger partial charge >= 0.3 is 5.97 Å². The van der Waals surface area contributed by atoms with E-state index < -0.39 is 5.97 Å². The lowest BCUT2D eigenvalue weighted by Gasteiger charge is -2.37. The van der Waals surface area contributed by atoms with Crippen molar-refractivity contribution in [2.45, 2.75) is 32.2 Å². The van der Waals surface area contributed by atoms with Crippen molar-refractivity contribution in [2.75, 3.05) is 11.4 Å². The number of rotatable bonds is 3. The van der Waals surface area contributed by atoms with Crippen LogP contribution in [0, 0.1) is 0 Å². The first-order chi connectivity index (χ1) is 7.72. The van der Waals surface area contributed by atoms with E-state index in [1.54, 1.807) is 0 Å². The average Bonchev–Trinajstić information content (AvgIpc) is 2.29. The van der Waals surface area contributed by atoms with Crippen molar-refractivity contribution in [3.8, 4) is 0 Å². The number of aryl methyl sites for hydroxylation is 1. The van der Waals surface area contributed by atoms with Crippen molar-refractivity contribution in [1.29, 1.82) is 0 Å². The van der Waals surface area contributed by atoms with Crippen molar-refractivity contribution in [3.63, 3.8) is 0 Å². The molecule has 0 aliphatic carbocycles. The van der Waals surface area contributed by atoms with Gasteiger partial charge in [-0.05, 0) is 30.9 Å². The van der Waals surface area contributed by atoms with Gasteiger partial charge in [0.25, 0.3) is 0 Å². The number of aliphatic carboxylic acids is 1. The summed E-state index contributed by atoms with van der Waals surface area (Å²) in [6.45, 7) is 2.23. The summed E-state index contributed by atoms with van der Waals surface area (Å²) in [5.41, 5.74) is 2.37. The minimum atomic E-state index is -0.754. The molecular weight excluding hydrogens is 202 g/mol. The third-order valence-corrected chi connectivity index (χ3v) is 3.27. The van der Waals surface area contributed by atoms with E-state index in [1.165, 1.54) is 5.56 Å². The first-order valence-electron chi connectivity index (χ1n) is 5.78. The molecule has 0 saturated heterocycles. The molecule has 0 radical (unpaired) electrons. The van der Waals surface area contributed by atoms with Gasteiger partial charge in [0, 0.05) is 11.7 Å². The Morgan fingerprint density at radius 2 is 2.25 bits per heavy atom. The Morgan fingerprint density at radius 1 is 1.50 bits per heavy atom. The molecule has 16 heavy (non-hydrogen) atoms. The van der Waals surface area contributed by atoms with E-state index in [9.17, 15) is 4.79 Å². The number of carboxylic acid groups (broad SMARTS) is 1. The van der Waals surface area contributed by atoms with E-state index in [0.29, 0.717) is 6.04 Å². The van der Waals surface area contributed by atoms with Gasteiger partial charge in [0.1, 0.15) is 6.54 Å². The minimum Gasteiger partial charge on any atom is -0.480 e. The summed E-state index contributed by atoms with van der Waals surface area (Å²) in [6.07, 6.45) is 3.12. The second-order valence-electron chi connectivity index (χ2n) is 4.25. The van der Waals surface area contributed by atoms with E-state index in [1.807, 2.05) is 23.1 Å². The number of nitrogens with zero attached hydrogens (tertiary/aromatic N) is 1. The number of carboxylic acids is 1. The van der Waals surface area contributed by atoms with Crippen LogP contribution in [-0.4, -0.2) is 23.7 Å². The van der Waals surface area contributed by atoms with Gasteiger partial charge in [-0.1, -0.05) is 25.1 Å². The van der Waals surface area contributed by atoms with Crippen molar-refractivity contribution in [2.24, 2.45) is 0 Å². The molecule has 3 heteroatoms. The molecule has 1 aliphatic rings. The van der Waals surface area contributed by atoms with Crippen LogP contribution in [0.25, 0.3) is 0 Å². The number of hydrogen-bond donors (Lipinski definition) is 1. The van der Waals surface area contributed by atoms with Gasteiger partial charge in [0.05, 0.1) is 0 Å². The van der Waals surface area contributed by atoms with Crippen LogP contribution in [0.1, 0.15) is 25.3 Å². The van der Waals surface area contributed by atoms with E-state index in [-0.39, 0.29) is 6.54 Å².